The lowest BCUT2D eigenvalue weighted by Gasteiger charge is -2.12. The number of rotatable bonds is 6. The predicted octanol–water partition coefficient (Wildman–Crippen LogP) is 4.12. The number of para-hydroxylation sites is 1. The number of hydrogen-bond acceptors (Lipinski definition) is 3. The van der Waals surface area contributed by atoms with Crippen molar-refractivity contribution in [1.82, 2.24) is 15.6 Å². The quantitative estimate of drug-likeness (QED) is 0.320. The molecule has 0 amide bonds. The first-order valence-electron chi connectivity index (χ1n) is 8.78. The summed E-state index contributed by atoms with van der Waals surface area (Å²) in [5.74, 6) is 1.63. The molecule has 0 bridgehead atoms. The molecule has 1 heterocycles. The van der Waals surface area contributed by atoms with Crippen LogP contribution in [0.2, 0.25) is 0 Å². The molecule has 27 heavy (non-hydrogen) atoms. The number of pyridine rings is 1. The standard InChI is InChI=1S/C21H24N4O.HI/c1-3-22-21(24-14-16-7-4-11-19(13-16)26-2)25-15-18-9-5-8-17-10-6-12-23-20(17)18;/h4-13H,3,14-15H2,1-2H3,(H2,22,24,25);1H. The van der Waals surface area contributed by atoms with Crippen LogP contribution >= 0.6 is 24.0 Å². The van der Waals surface area contributed by atoms with Gasteiger partial charge in [-0.1, -0.05) is 36.4 Å². The molecule has 3 rings (SSSR count). The molecule has 2 N–H and O–H groups in total. The third-order valence-corrected chi connectivity index (χ3v) is 4.06. The summed E-state index contributed by atoms with van der Waals surface area (Å²) < 4.78 is 5.27. The van der Waals surface area contributed by atoms with Gasteiger partial charge in [0.15, 0.2) is 5.96 Å². The number of guanidine groups is 1. The van der Waals surface area contributed by atoms with E-state index in [9.17, 15) is 0 Å². The van der Waals surface area contributed by atoms with Crippen molar-refractivity contribution in [1.29, 1.82) is 0 Å². The van der Waals surface area contributed by atoms with Crippen LogP contribution < -0.4 is 15.4 Å². The molecule has 0 aliphatic carbocycles. The molecule has 0 aliphatic rings. The summed E-state index contributed by atoms with van der Waals surface area (Å²) in [6, 6.07) is 18.2. The van der Waals surface area contributed by atoms with Gasteiger partial charge in [0.1, 0.15) is 5.75 Å². The van der Waals surface area contributed by atoms with Crippen LogP contribution in [0.5, 0.6) is 5.75 Å². The Bertz CT molecular complexity index is 893. The molecule has 2 aromatic carbocycles. The number of fused-ring (bicyclic) bond motifs is 1. The van der Waals surface area contributed by atoms with Crippen LogP contribution in [-0.4, -0.2) is 24.6 Å². The third kappa shape index (κ3) is 5.82. The minimum atomic E-state index is 0. The number of benzene rings is 2. The van der Waals surface area contributed by atoms with Gasteiger partial charge in [-0.3, -0.25) is 4.98 Å². The fourth-order valence-corrected chi connectivity index (χ4v) is 2.77. The van der Waals surface area contributed by atoms with E-state index in [0.717, 1.165) is 40.3 Å². The maximum absolute atomic E-state index is 5.27. The number of nitrogens with zero attached hydrogens (tertiary/aromatic N) is 2. The average molecular weight is 476 g/mol. The Morgan fingerprint density at radius 1 is 1.07 bits per heavy atom. The van der Waals surface area contributed by atoms with Gasteiger partial charge in [-0.25, -0.2) is 4.99 Å². The molecule has 5 nitrogen and oxygen atoms in total. The maximum atomic E-state index is 5.27. The molecular formula is C21H25IN4O. The lowest BCUT2D eigenvalue weighted by molar-refractivity contribution is 0.414. The molecule has 0 saturated carbocycles. The Morgan fingerprint density at radius 3 is 2.70 bits per heavy atom. The van der Waals surface area contributed by atoms with Crippen LogP contribution in [0.1, 0.15) is 18.1 Å². The fourth-order valence-electron chi connectivity index (χ4n) is 2.77. The highest BCUT2D eigenvalue weighted by atomic mass is 127. The van der Waals surface area contributed by atoms with Gasteiger partial charge >= 0.3 is 0 Å². The minimum Gasteiger partial charge on any atom is -0.497 e. The second kappa shape index (κ2) is 10.7. The number of nitrogens with one attached hydrogen (secondary N) is 2. The van der Waals surface area contributed by atoms with Crippen molar-refractivity contribution >= 4 is 40.8 Å². The van der Waals surface area contributed by atoms with Gasteiger partial charge in [-0.15, -0.1) is 24.0 Å². The highest BCUT2D eigenvalue weighted by Crippen LogP contribution is 2.16. The Balaban J connectivity index is 0.00000261. The summed E-state index contributed by atoms with van der Waals surface area (Å²) in [6.07, 6.45) is 1.83. The first kappa shape index (κ1) is 21.0. The number of hydrogen-bond donors (Lipinski definition) is 2. The van der Waals surface area contributed by atoms with Gasteiger partial charge in [0.05, 0.1) is 19.2 Å². The SMILES string of the molecule is CCNC(=NCc1cccc(OC)c1)NCc1cccc2cccnc12.I. The Morgan fingerprint density at radius 2 is 1.89 bits per heavy atom. The smallest absolute Gasteiger partial charge is 0.191 e. The number of ether oxygens (including phenoxy) is 1. The van der Waals surface area contributed by atoms with Gasteiger partial charge < -0.3 is 15.4 Å². The van der Waals surface area contributed by atoms with Gasteiger partial charge in [0, 0.05) is 24.7 Å². The van der Waals surface area contributed by atoms with Crippen LogP contribution in [0.25, 0.3) is 10.9 Å². The number of aromatic nitrogens is 1. The van der Waals surface area contributed by atoms with Crippen molar-refractivity contribution in [2.75, 3.05) is 13.7 Å². The Hall–Kier alpha value is -2.35. The van der Waals surface area contributed by atoms with Crippen molar-refractivity contribution in [3.05, 3.63) is 71.9 Å². The summed E-state index contributed by atoms with van der Waals surface area (Å²) >= 11 is 0. The molecule has 3 aromatic rings. The maximum Gasteiger partial charge on any atom is 0.191 e. The summed E-state index contributed by atoms with van der Waals surface area (Å²) in [6.45, 7) is 4.11. The zero-order chi connectivity index (χ0) is 18.2. The minimum absolute atomic E-state index is 0. The zero-order valence-corrected chi connectivity index (χ0v) is 17.9. The molecule has 0 aliphatic heterocycles. The van der Waals surface area contributed by atoms with Gasteiger partial charge in [0.2, 0.25) is 0 Å². The molecule has 0 unspecified atom stereocenters. The molecule has 0 saturated heterocycles. The molecule has 0 radical (unpaired) electrons. The van der Waals surface area contributed by atoms with Crippen molar-refractivity contribution in [2.45, 2.75) is 20.0 Å². The second-order valence-electron chi connectivity index (χ2n) is 5.89. The van der Waals surface area contributed by atoms with Gasteiger partial charge in [0.25, 0.3) is 0 Å². The van der Waals surface area contributed by atoms with E-state index >= 15 is 0 Å². The lowest BCUT2D eigenvalue weighted by atomic mass is 10.1. The third-order valence-electron chi connectivity index (χ3n) is 4.06. The van der Waals surface area contributed by atoms with Crippen LogP contribution in [0.15, 0.2) is 65.8 Å². The number of halogens is 1. The van der Waals surface area contributed by atoms with Gasteiger partial charge in [-0.2, -0.15) is 0 Å². The monoisotopic (exact) mass is 476 g/mol. The van der Waals surface area contributed by atoms with Crippen molar-refractivity contribution in [2.24, 2.45) is 4.99 Å². The fraction of sp³-hybridized carbons (Fsp3) is 0.238. The van der Waals surface area contributed by atoms with E-state index in [0.29, 0.717) is 13.1 Å². The largest absolute Gasteiger partial charge is 0.497 e. The first-order chi connectivity index (χ1) is 12.8. The summed E-state index contributed by atoms with van der Waals surface area (Å²) in [4.78, 5) is 9.18. The van der Waals surface area contributed by atoms with E-state index in [4.69, 9.17) is 4.74 Å². The van der Waals surface area contributed by atoms with E-state index in [1.54, 1.807) is 7.11 Å². The van der Waals surface area contributed by atoms with Crippen LogP contribution in [0.4, 0.5) is 0 Å². The molecule has 1 aromatic heterocycles. The lowest BCUT2D eigenvalue weighted by Crippen LogP contribution is -2.36. The Kier molecular flexibility index (Phi) is 8.32. The van der Waals surface area contributed by atoms with E-state index in [-0.39, 0.29) is 24.0 Å². The van der Waals surface area contributed by atoms with Crippen LogP contribution in [0, 0.1) is 0 Å². The molecule has 0 spiro atoms. The summed E-state index contributed by atoms with van der Waals surface area (Å²) in [5, 5.41) is 7.83. The highest BCUT2D eigenvalue weighted by molar-refractivity contribution is 14.0. The molecule has 0 fully saturated rings. The molecule has 0 atom stereocenters. The van der Waals surface area contributed by atoms with Crippen LogP contribution in [0.3, 0.4) is 0 Å². The van der Waals surface area contributed by atoms with Crippen molar-refractivity contribution in [3.63, 3.8) is 0 Å². The molecular weight excluding hydrogens is 451 g/mol. The van der Waals surface area contributed by atoms with Crippen LogP contribution in [-0.2, 0) is 13.1 Å². The van der Waals surface area contributed by atoms with E-state index in [1.807, 2.05) is 36.5 Å². The number of aliphatic imine (C=N–C) groups is 1. The van der Waals surface area contributed by atoms with E-state index < -0.39 is 0 Å². The predicted molar refractivity (Wildman–Crippen MR) is 122 cm³/mol. The van der Waals surface area contributed by atoms with Crippen molar-refractivity contribution in [3.8, 4) is 5.75 Å². The molecule has 142 valence electrons. The average Bonchev–Trinajstić information content (AvgIpc) is 2.70. The topological polar surface area (TPSA) is 58.5 Å². The van der Waals surface area contributed by atoms with E-state index in [2.05, 4.69) is 51.8 Å². The molecule has 6 heteroatoms. The summed E-state index contributed by atoms with van der Waals surface area (Å²) in [5.41, 5.74) is 3.27. The first-order valence-corrected chi connectivity index (χ1v) is 8.78. The normalized spacial score (nSPS) is 11.0. The van der Waals surface area contributed by atoms with E-state index in [1.165, 1.54) is 0 Å². The number of methoxy groups -OCH3 is 1. The summed E-state index contributed by atoms with van der Waals surface area (Å²) in [7, 11) is 1.67. The highest BCUT2D eigenvalue weighted by Gasteiger charge is 2.04. The van der Waals surface area contributed by atoms with Gasteiger partial charge in [-0.05, 0) is 36.2 Å². The second-order valence-corrected chi connectivity index (χ2v) is 5.89. The Labute approximate surface area is 177 Å². The zero-order valence-electron chi connectivity index (χ0n) is 15.6. The van der Waals surface area contributed by atoms with Crippen molar-refractivity contribution < 1.29 is 4.74 Å².